The standard InChI is InChI=1S/C32H35NOS/c1-21(2)26-18-29(22(3)4)32(30(19-26)23(5)6)35(34)31-25(20-33-27-13-8-7-9-14-27)17-16-24-12-10-11-15-28(24)31/h7-23H,1-6H3. The van der Waals surface area contributed by atoms with Crippen molar-refractivity contribution in [2.24, 2.45) is 4.99 Å². The van der Waals surface area contributed by atoms with E-state index < -0.39 is 10.8 Å². The van der Waals surface area contributed by atoms with Gasteiger partial charge in [-0.3, -0.25) is 4.99 Å². The number of hydrogen-bond donors (Lipinski definition) is 0. The lowest BCUT2D eigenvalue weighted by Gasteiger charge is -2.23. The van der Waals surface area contributed by atoms with Gasteiger partial charge in [0.25, 0.3) is 0 Å². The van der Waals surface area contributed by atoms with Gasteiger partial charge in [-0.15, -0.1) is 0 Å². The molecule has 0 heterocycles. The summed E-state index contributed by atoms with van der Waals surface area (Å²) in [7, 11) is -1.37. The predicted molar refractivity (Wildman–Crippen MR) is 151 cm³/mol. The van der Waals surface area contributed by atoms with Gasteiger partial charge in [-0.25, -0.2) is 4.21 Å². The maximum atomic E-state index is 14.7. The molecule has 35 heavy (non-hydrogen) atoms. The minimum Gasteiger partial charge on any atom is -0.256 e. The summed E-state index contributed by atoms with van der Waals surface area (Å²) in [6, 6.07) is 26.8. The van der Waals surface area contributed by atoms with E-state index >= 15 is 0 Å². The Labute approximate surface area is 212 Å². The maximum absolute atomic E-state index is 14.7. The van der Waals surface area contributed by atoms with Crippen molar-refractivity contribution in [1.29, 1.82) is 0 Å². The van der Waals surface area contributed by atoms with Gasteiger partial charge in [0, 0.05) is 11.8 Å². The van der Waals surface area contributed by atoms with Crippen LogP contribution in [0.4, 0.5) is 5.69 Å². The van der Waals surface area contributed by atoms with Crippen LogP contribution < -0.4 is 0 Å². The SMILES string of the molecule is CC(C)c1cc(C(C)C)c(S(=O)c2c(C=Nc3ccccc3)ccc3ccccc23)c(C(C)C)c1. The lowest BCUT2D eigenvalue weighted by molar-refractivity contribution is 0.676. The van der Waals surface area contributed by atoms with E-state index in [2.05, 4.69) is 77.9 Å². The van der Waals surface area contributed by atoms with E-state index in [9.17, 15) is 4.21 Å². The van der Waals surface area contributed by atoms with Crippen molar-refractivity contribution in [1.82, 2.24) is 0 Å². The van der Waals surface area contributed by atoms with E-state index in [0.717, 1.165) is 31.8 Å². The Morgan fingerprint density at radius 2 is 1.29 bits per heavy atom. The first kappa shape index (κ1) is 25.1. The molecule has 4 aromatic rings. The molecule has 1 unspecified atom stereocenters. The third-order valence-corrected chi connectivity index (χ3v) is 8.14. The van der Waals surface area contributed by atoms with Gasteiger partial charge in [-0.2, -0.15) is 0 Å². The Morgan fingerprint density at radius 3 is 1.89 bits per heavy atom. The first-order chi connectivity index (χ1) is 16.8. The Balaban J connectivity index is 1.99. The first-order valence-electron chi connectivity index (χ1n) is 12.5. The number of nitrogens with zero attached hydrogens (tertiary/aromatic N) is 1. The number of rotatable bonds is 7. The lowest BCUT2D eigenvalue weighted by atomic mass is 9.89. The van der Waals surface area contributed by atoms with Gasteiger partial charge < -0.3 is 0 Å². The minimum absolute atomic E-state index is 0.265. The largest absolute Gasteiger partial charge is 0.256 e. The fourth-order valence-corrected chi connectivity index (χ4v) is 6.37. The molecule has 0 N–H and O–H groups in total. The highest BCUT2D eigenvalue weighted by molar-refractivity contribution is 7.85. The monoisotopic (exact) mass is 481 g/mol. The van der Waals surface area contributed by atoms with Crippen LogP contribution >= 0.6 is 0 Å². The van der Waals surface area contributed by atoms with E-state index in [4.69, 9.17) is 4.99 Å². The quantitative estimate of drug-likeness (QED) is 0.242. The molecule has 3 heteroatoms. The maximum Gasteiger partial charge on any atom is 0.0868 e. The molecule has 0 bridgehead atoms. The summed E-state index contributed by atoms with van der Waals surface area (Å²) in [6.45, 7) is 13.2. The van der Waals surface area contributed by atoms with E-state index in [0.29, 0.717) is 5.92 Å². The van der Waals surface area contributed by atoms with Crippen molar-refractivity contribution in [2.45, 2.75) is 69.1 Å². The average Bonchev–Trinajstić information content (AvgIpc) is 2.86. The zero-order valence-electron chi connectivity index (χ0n) is 21.6. The van der Waals surface area contributed by atoms with Gasteiger partial charge in [0.2, 0.25) is 0 Å². The van der Waals surface area contributed by atoms with Crippen LogP contribution in [0.2, 0.25) is 0 Å². The Hall–Kier alpha value is -3.04. The topological polar surface area (TPSA) is 29.4 Å². The van der Waals surface area contributed by atoms with E-state index in [1.807, 2.05) is 48.7 Å². The van der Waals surface area contributed by atoms with Crippen LogP contribution in [0.5, 0.6) is 0 Å². The van der Waals surface area contributed by atoms with Gasteiger partial charge in [0.05, 0.1) is 26.3 Å². The molecule has 0 aromatic heterocycles. The van der Waals surface area contributed by atoms with Crippen LogP contribution in [0, 0.1) is 0 Å². The molecule has 0 aliphatic heterocycles. The second kappa shape index (κ2) is 10.7. The van der Waals surface area contributed by atoms with Gasteiger partial charge in [0.1, 0.15) is 0 Å². The van der Waals surface area contributed by atoms with Crippen LogP contribution in [-0.2, 0) is 10.8 Å². The second-order valence-electron chi connectivity index (χ2n) is 10.1. The highest BCUT2D eigenvalue weighted by atomic mass is 32.2. The summed E-state index contributed by atoms with van der Waals surface area (Å²) in [5, 5.41) is 2.10. The molecule has 0 fully saturated rings. The van der Waals surface area contributed by atoms with Gasteiger partial charge in [-0.1, -0.05) is 108 Å². The number of benzene rings is 4. The fourth-order valence-electron chi connectivity index (χ4n) is 4.43. The number of aliphatic imine (C=N–C) groups is 1. The normalized spacial score (nSPS) is 12.9. The molecule has 0 radical (unpaired) electrons. The predicted octanol–water partition coefficient (Wildman–Crippen LogP) is 9.13. The van der Waals surface area contributed by atoms with Crippen LogP contribution in [0.15, 0.2) is 93.6 Å². The van der Waals surface area contributed by atoms with Gasteiger partial charge >= 0.3 is 0 Å². The zero-order valence-corrected chi connectivity index (χ0v) is 22.4. The molecule has 2 nitrogen and oxygen atoms in total. The van der Waals surface area contributed by atoms with Gasteiger partial charge in [-0.05, 0) is 57.3 Å². The molecule has 4 rings (SSSR count). The van der Waals surface area contributed by atoms with Gasteiger partial charge in [0.15, 0.2) is 0 Å². The smallest absolute Gasteiger partial charge is 0.0868 e. The third-order valence-electron chi connectivity index (χ3n) is 6.47. The molecular formula is C32H35NOS. The van der Waals surface area contributed by atoms with Crippen molar-refractivity contribution in [3.63, 3.8) is 0 Å². The molecule has 180 valence electrons. The average molecular weight is 482 g/mol. The molecule has 0 aliphatic carbocycles. The molecule has 0 aliphatic rings. The summed E-state index contributed by atoms with van der Waals surface area (Å²) >= 11 is 0. The summed E-state index contributed by atoms with van der Waals surface area (Å²) in [6.07, 6.45) is 1.86. The molecule has 0 saturated heterocycles. The van der Waals surface area contributed by atoms with Crippen molar-refractivity contribution >= 4 is 33.5 Å². The Kier molecular flexibility index (Phi) is 7.66. The summed E-state index contributed by atoms with van der Waals surface area (Å²) in [5.41, 5.74) is 5.43. The van der Waals surface area contributed by atoms with Crippen molar-refractivity contribution in [3.8, 4) is 0 Å². The summed E-state index contributed by atoms with van der Waals surface area (Å²) in [4.78, 5) is 6.51. The summed E-state index contributed by atoms with van der Waals surface area (Å²) < 4.78 is 14.7. The van der Waals surface area contributed by atoms with E-state index in [1.54, 1.807) is 0 Å². The second-order valence-corrected chi connectivity index (χ2v) is 11.4. The molecule has 0 amide bonds. The molecule has 0 spiro atoms. The number of fused-ring (bicyclic) bond motifs is 1. The highest BCUT2D eigenvalue weighted by Gasteiger charge is 2.25. The van der Waals surface area contributed by atoms with Crippen LogP contribution in [0.1, 0.15) is 81.5 Å². The van der Waals surface area contributed by atoms with Crippen molar-refractivity contribution in [2.75, 3.05) is 0 Å². The molecule has 4 aromatic carbocycles. The van der Waals surface area contributed by atoms with Crippen molar-refractivity contribution in [3.05, 3.63) is 101 Å². The van der Waals surface area contributed by atoms with Crippen LogP contribution in [0.25, 0.3) is 10.8 Å². The zero-order chi connectivity index (χ0) is 25.1. The summed E-state index contributed by atoms with van der Waals surface area (Å²) in [5.74, 6) is 0.946. The van der Waals surface area contributed by atoms with Crippen LogP contribution in [0.3, 0.4) is 0 Å². The van der Waals surface area contributed by atoms with E-state index in [1.165, 1.54) is 16.7 Å². The van der Waals surface area contributed by atoms with Crippen molar-refractivity contribution < 1.29 is 4.21 Å². The highest BCUT2D eigenvalue weighted by Crippen LogP contribution is 2.38. The number of para-hydroxylation sites is 1. The van der Waals surface area contributed by atoms with Crippen LogP contribution in [-0.4, -0.2) is 10.4 Å². The Morgan fingerprint density at radius 1 is 0.686 bits per heavy atom. The number of hydrogen-bond acceptors (Lipinski definition) is 2. The third kappa shape index (κ3) is 5.31. The molecular weight excluding hydrogens is 446 g/mol. The van der Waals surface area contributed by atoms with E-state index in [-0.39, 0.29) is 11.8 Å². The lowest BCUT2D eigenvalue weighted by Crippen LogP contribution is -2.10. The minimum atomic E-state index is -1.37. The molecule has 0 saturated carbocycles. The Bertz CT molecular complexity index is 1350. The fraction of sp³-hybridized carbons (Fsp3) is 0.281. The first-order valence-corrected chi connectivity index (χ1v) is 13.6. The molecule has 1 atom stereocenters.